The topological polar surface area (TPSA) is 79.6 Å². The minimum atomic E-state index is -0.748. The van der Waals surface area contributed by atoms with Crippen molar-refractivity contribution in [3.63, 3.8) is 0 Å². The number of carbonyl (C=O) groups excluding carboxylic acids is 2. The molecule has 166 valence electrons. The smallest absolute Gasteiger partial charge is 0.347 e. The molecule has 4 fully saturated rings. The van der Waals surface area contributed by atoms with Gasteiger partial charge in [-0.1, -0.05) is 25.1 Å². The van der Waals surface area contributed by atoms with E-state index in [1.807, 2.05) is 30.0 Å². The van der Waals surface area contributed by atoms with Crippen LogP contribution in [0.4, 0.5) is 0 Å². The van der Waals surface area contributed by atoms with Gasteiger partial charge in [-0.2, -0.15) is 5.26 Å². The number of esters is 1. The Morgan fingerprint density at radius 3 is 2.29 bits per heavy atom. The fraction of sp³-hybridized carbons (Fsp3) is 0.640. The SMILES string of the molecule is CC[C@@H](Oc1ccccc1)C(=O)OCC(=O)N(CCC#N)C12CC3CC(CC(C3)C1)C2. The van der Waals surface area contributed by atoms with Crippen LogP contribution >= 0.6 is 0 Å². The summed E-state index contributed by atoms with van der Waals surface area (Å²) in [6, 6.07) is 11.3. The second-order valence-corrected chi connectivity index (χ2v) is 9.53. The molecule has 0 N–H and O–H groups in total. The van der Waals surface area contributed by atoms with E-state index in [-0.39, 0.29) is 18.1 Å². The van der Waals surface area contributed by atoms with Crippen LogP contribution in [0.2, 0.25) is 0 Å². The van der Waals surface area contributed by atoms with Gasteiger partial charge >= 0.3 is 5.97 Å². The normalized spacial score (nSPS) is 29.1. The summed E-state index contributed by atoms with van der Waals surface area (Å²) >= 11 is 0. The van der Waals surface area contributed by atoms with Crippen molar-refractivity contribution in [2.24, 2.45) is 17.8 Å². The largest absolute Gasteiger partial charge is 0.479 e. The maximum absolute atomic E-state index is 13.2. The third-order valence-electron chi connectivity index (χ3n) is 7.32. The molecule has 0 saturated heterocycles. The highest BCUT2D eigenvalue weighted by molar-refractivity contribution is 5.83. The molecule has 0 radical (unpaired) electrons. The molecule has 6 nitrogen and oxygen atoms in total. The van der Waals surface area contributed by atoms with Crippen LogP contribution in [-0.2, 0) is 14.3 Å². The zero-order valence-electron chi connectivity index (χ0n) is 18.3. The maximum Gasteiger partial charge on any atom is 0.347 e. The van der Waals surface area contributed by atoms with Crippen molar-refractivity contribution < 1.29 is 19.1 Å². The van der Waals surface area contributed by atoms with E-state index < -0.39 is 12.1 Å². The molecule has 4 aliphatic carbocycles. The van der Waals surface area contributed by atoms with Crippen molar-refractivity contribution in [2.45, 2.75) is 69.9 Å². The van der Waals surface area contributed by atoms with Crippen LogP contribution in [0.15, 0.2) is 30.3 Å². The van der Waals surface area contributed by atoms with Crippen molar-refractivity contribution in [3.8, 4) is 11.8 Å². The average Bonchev–Trinajstić information content (AvgIpc) is 2.75. The lowest BCUT2D eigenvalue weighted by Crippen LogP contribution is -2.62. The van der Waals surface area contributed by atoms with Crippen molar-refractivity contribution in [1.82, 2.24) is 4.90 Å². The lowest BCUT2D eigenvalue weighted by atomic mass is 9.52. The van der Waals surface area contributed by atoms with E-state index in [2.05, 4.69) is 6.07 Å². The number of rotatable bonds is 9. The van der Waals surface area contributed by atoms with Crippen LogP contribution < -0.4 is 4.74 Å². The Hall–Kier alpha value is -2.55. The predicted octanol–water partition coefficient (Wildman–Crippen LogP) is 4.10. The van der Waals surface area contributed by atoms with Gasteiger partial charge in [0.25, 0.3) is 5.91 Å². The molecule has 0 heterocycles. The van der Waals surface area contributed by atoms with Gasteiger partial charge in [0.2, 0.25) is 0 Å². The van der Waals surface area contributed by atoms with Crippen LogP contribution in [0.5, 0.6) is 5.75 Å². The molecule has 0 unspecified atom stereocenters. The first-order chi connectivity index (χ1) is 15.0. The summed E-state index contributed by atoms with van der Waals surface area (Å²) in [5.41, 5.74) is -0.153. The van der Waals surface area contributed by atoms with Crippen LogP contribution in [0.1, 0.15) is 58.3 Å². The molecule has 0 aromatic heterocycles. The van der Waals surface area contributed by atoms with Gasteiger partial charge < -0.3 is 14.4 Å². The van der Waals surface area contributed by atoms with Gasteiger partial charge in [-0.25, -0.2) is 4.79 Å². The van der Waals surface area contributed by atoms with Crippen LogP contribution in [0.25, 0.3) is 0 Å². The number of carbonyl (C=O) groups is 2. The Balaban J connectivity index is 1.40. The van der Waals surface area contributed by atoms with Crippen LogP contribution in [-0.4, -0.2) is 41.6 Å². The minimum absolute atomic E-state index is 0.153. The maximum atomic E-state index is 13.2. The fourth-order valence-corrected chi connectivity index (χ4v) is 6.45. The predicted molar refractivity (Wildman–Crippen MR) is 115 cm³/mol. The summed E-state index contributed by atoms with van der Waals surface area (Å²) in [5, 5.41) is 9.15. The van der Waals surface area contributed by atoms with Crippen LogP contribution in [0.3, 0.4) is 0 Å². The summed E-state index contributed by atoms with van der Waals surface area (Å²) in [6.45, 7) is 1.97. The molecule has 1 atom stereocenters. The van der Waals surface area contributed by atoms with Crippen molar-refractivity contribution in [3.05, 3.63) is 30.3 Å². The molecule has 0 spiro atoms. The summed E-state index contributed by atoms with van der Waals surface area (Å²) in [7, 11) is 0. The van der Waals surface area contributed by atoms with Crippen LogP contribution in [0, 0.1) is 29.1 Å². The van der Waals surface area contributed by atoms with Gasteiger partial charge in [-0.3, -0.25) is 4.79 Å². The highest BCUT2D eigenvalue weighted by Crippen LogP contribution is 2.57. The number of ether oxygens (including phenoxy) is 2. The standard InChI is InChI=1S/C25H32N2O4/c1-2-22(31-21-7-4-3-5-8-21)24(29)30-17-23(28)27(10-6-9-26)25-14-18-11-19(15-25)13-20(12-18)16-25/h3-5,7-8,18-20,22H,2,6,10-17H2,1H3/t18?,19?,20?,22-,25?/m1/s1. The molecule has 1 aromatic carbocycles. The number of nitrogens with zero attached hydrogens (tertiary/aromatic N) is 2. The van der Waals surface area contributed by atoms with Crippen molar-refractivity contribution >= 4 is 11.9 Å². The molecule has 4 aliphatic rings. The van der Waals surface area contributed by atoms with Gasteiger partial charge in [-0.05, 0) is 74.8 Å². The van der Waals surface area contributed by atoms with Crippen molar-refractivity contribution in [2.75, 3.05) is 13.2 Å². The fourth-order valence-electron chi connectivity index (χ4n) is 6.45. The second kappa shape index (κ2) is 9.30. The number of hydrogen-bond donors (Lipinski definition) is 0. The Labute approximate surface area is 184 Å². The summed E-state index contributed by atoms with van der Waals surface area (Å²) in [4.78, 5) is 27.7. The zero-order valence-corrected chi connectivity index (χ0v) is 18.3. The molecule has 1 amide bonds. The number of benzene rings is 1. The highest BCUT2D eigenvalue weighted by atomic mass is 16.6. The number of para-hydroxylation sites is 1. The second-order valence-electron chi connectivity index (χ2n) is 9.53. The molecule has 5 rings (SSSR count). The molecular formula is C25H32N2O4. The van der Waals surface area contributed by atoms with E-state index in [0.29, 0.717) is 42.9 Å². The third-order valence-corrected chi connectivity index (χ3v) is 7.32. The number of amides is 1. The summed E-state index contributed by atoms with van der Waals surface area (Å²) < 4.78 is 11.2. The Morgan fingerprint density at radius 2 is 1.74 bits per heavy atom. The quantitative estimate of drug-likeness (QED) is 0.558. The number of nitriles is 1. The molecule has 1 aromatic rings. The van der Waals surface area contributed by atoms with Gasteiger partial charge in [0.1, 0.15) is 5.75 Å². The van der Waals surface area contributed by atoms with Gasteiger partial charge in [0.15, 0.2) is 12.7 Å². The lowest BCUT2D eigenvalue weighted by molar-refractivity contribution is -0.165. The van der Waals surface area contributed by atoms with Crippen molar-refractivity contribution in [1.29, 1.82) is 5.26 Å². The molecule has 4 saturated carbocycles. The average molecular weight is 425 g/mol. The monoisotopic (exact) mass is 424 g/mol. The van der Waals surface area contributed by atoms with E-state index in [4.69, 9.17) is 14.7 Å². The molecule has 0 aliphatic heterocycles. The van der Waals surface area contributed by atoms with E-state index >= 15 is 0 Å². The van der Waals surface area contributed by atoms with E-state index in [1.165, 1.54) is 19.3 Å². The van der Waals surface area contributed by atoms with E-state index in [9.17, 15) is 9.59 Å². The Bertz CT molecular complexity index is 796. The lowest BCUT2D eigenvalue weighted by Gasteiger charge is -2.60. The van der Waals surface area contributed by atoms with E-state index in [0.717, 1.165) is 19.3 Å². The first-order valence-electron chi connectivity index (χ1n) is 11.6. The Kier molecular flexibility index (Phi) is 6.50. The van der Waals surface area contributed by atoms with Gasteiger partial charge in [0, 0.05) is 12.1 Å². The first-order valence-corrected chi connectivity index (χ1v) is 11.6. The third kappa shape index (κ3) is 4.71. The first kappa shape index (κ1) is 21.7. The number of hydrogen-bond acceptors (Lipinski definition) is 5. The molecular weight excluding hydrogens is 392 g/mol. The van der Waals surface area contributed by atoms with E-state index in [1.54, 1.807) is 12.1 Å². The highest BCUT2D eigenvalue weighted by Gasteiger charge is 2.54. The van der Waals surface area contributed by atoms with Gasteiger partial charge in [-0.15, -0.1) is 0 Å². The molecule has 4 bridgehead atoms. The zero-order chi connectivity index (χ0) is 21.8. The minimum Gasteiger partial charge on any atom is -0.479 e. The molecule has 6 heteroatoms. The molecule has 31 heavy (non-hydrogen) atoms. The van der Waals surface area contributed by atoms with Gasteiger partial charge in [0.05, 0.1) is 12.5 Å². The Morgan fingerprint density at radius 1 is 1.13 bits per heavy atom. The summed E-state index contributed by atoms with van der Waals surface area (Å²) in [5.74, 6) is 1.96. The summed E-state index contributed by atoms with van der Waals surface area (Å²) in [6.07, 6.45) is 6.93.